The third-order valence-electron chi connectivity index (χ3n) is 2.65. The van der Waals surface area contributed by atoms with Crippen LogP contribution in [0.2, 0.25) is 0 Å². The lowest BCUT2D eigenvalue weighted by Crippen LogP contribution is -1.90. The van der Waals surface area contributed by atoms with Crippen molar-refractivity contribution < 1.29 is 4.39 Å². The third kappa shape index (κ3) is 2.19. The SMILES string of the molecule is Cc1cc(C)cc(-c2cccc(C#N)c2F)c1. The largest absolute Gasteiger partial charge is 0.205 e. The van der Waals surface area contributed by atoms with Gasteiger partial charge in [-0.3, -0.25) is 0 Å². The molecule has 0 amide bonds. The number of nitriles is 1. The van der Waals surface area contributed by atoms with Gasteiger partial charge < -0.3 is 0 Å². The summed E-state index contributed by atoms with van der Waals surface area (Å²) in [7, 11) is 0. The van der Waals surface area contributed by atoms with Gasteiger partial charge in [-0.1, -0.05) is 41.5 Å². The van der Waals surface area contributed by atoms with Gasteiger partial charge in [-0.2, -0.15) is 5.26 Å². The van der Waals surface area contributed by atoms with Gasteiger partial charge in [0, 0.05) is 5.56 Å². The normalized spacial score (nSPS) is 10.0. The van der Waals surface area contributed by atoms with Crippen molar-refractivity contribution in [2.45, 2.75) is 13.8 Å². The monoisotopic (exact) mass is 225 g/mol. The predicted molar refractivity (Wildman–Crippen MR) is 66.0 cm³/mol. The average Bonchev–Trinajstić information content (AvgIpc) is 2.28. The van der Waals surface area contributed by atoms with Gasteiger partial charge in [0.1, 0.15) is 11.9 Å². The molecule has 0 heterocycles. The fourth-order valence-electron chi connectivity index (χ4n) is 1.97. The molecular weight excluding hydrogens is 213 g/mol. The number of aryl methyl sites for hydroxylation is 2. The maximum Gasteiger partial charge on any atom is 0.148 e. The number of nitrogens with zero attached hydrogens (tertiary/aromatic N) is 1. The first kappa shape index (κ1) is 11.3. The van der Waals surface area contributed by atoms with E-state index in [4.69, 9.17) is 5.26 Å². The van der Waals surface area contributed by atoms with Crippen LogP contribution in [0, 0.1) is 31.0 Å². The van der Waals surface area contributed by atoms with Crippen molar-refractivity contribution in [3.63, 3.8) is 0 Å². The second kappa shape index (κ2) is 4.39. The molecule has 2 aromatic carbocycles. The first-order valence-electron chi connectivity index (χ1n) is 5.39. The van der Waals surface area contributed by atoms with Crippen LogP contribution in [-0.2, 0) is 0 Å². The van der Waals surface area contributed by atoms with Crippen molar-refractivity contribution >= 4 is 0 Å². The van der Waals surface area contributed by atoms with E-state index in [2.05, 4.69) is 0 Å². The maximum atomic E-state index is 14.0. The van der Waals surface area contributed by atoms with Crippen LogP contribution in [0.25, 0.3) is 11.1 Å². The van der Waals surface area contributed by atoms with Gasteiger partial charge in [0.15, 0.2) is 0 Å². The van der Waals surface area contributed by atoms with E-state index < -0.39 is 5.82 Å². The van der Waals surface area contributed by atoms with Gasteiger partial charge in [0.25, 0.3) is 0 Å². The molecule has 0 fully saturated rings. The van der Waals surface area contributed by atoms with Crippen molar-refractivity contribution in [3.8, 4) is 17.2 Å². The molecule has 0 bridgehead atoms. The number of hydrogen-bond acceptors (Lipinski definition) is 1. The minimum absolute atomic E-state index is 0.0849. The molecule has 1 nitrogen and oxygen atoms in total. The van der Waals surface area contributed by atoms with Gasteiger partial charge in [-0.05, 0) is 25.5 Å². The molecule has 0 aliphatic rings. The zero-order valence-corrected chi connectivity index (χ0v) is 9.79. The van der Waals surface area contributed by atoms with Gasteiger partial charge >= 0.3 is 0 Å². The summed E-state index contributed by atoms with van der Waals surface area (Å²) in [5.41, 5.74) is 3.55. The molecule has 0 saturated carbocycles. The second-order valence-electron chi connectivity index (χ2n) is 4.16. The lowest BCUT2D eigenvalue weighted by atomic mass is 9.99. The van der Waals surface area contributed by atoms with Crippen LogP contribution in [0.15, 0.2) is 36.4 Å². The molecule has 2 heteroatoms. The van der Waals surface area contributed by atoms with Crippen molar-refractivity contribution in [2.24, 2.45) is 0 Å². The number of benzene rings is 2. The standard InChI is InChI=1S/C15H12FN/c1-10-6-11(2)8-13(7-10)14-5-3-4-12(9-17)15(14)16/h3-8H,1-2H3. The topological polar surface area (TPSA) is 23.8 Å². The zero-order chi connectivity index (χ0) is 12.4. The van der Waals surface area contributed by atoms with Crippen LogP contribution >= 0.6 is 0 Å². The molecule has 0 spiro atoms. The summed E-state index contributed by atoms with van der Waals surface area (Å²) in [4.78, 5) is 0. The first-order chi connectivity index (χ1) is 8.11. The fraction of sp³-hybridized carbons (Fsp3) is 0.133. The summed E-state index contributed by atoms with van der Waals surface area (Å²) >= 11 is 0. The molecule has 0 N–H and O–H groups in total. The van der Waals surface area contributed by atoms with E-state index in [1.807, 2.05) is 38.1 Å². The maximum absolute atomic E-state index is 14.0. The predicted octanol–water partition coefficient (Wildman–Crippen LogP) is 3.98. The molecule has 0 aliphatic carbocycles. The summed E-state index contributed by atoms with van der Waals surface area (Å²) in [5.74, 6) is -0.444. The molecular formula is C15H12FN. The van der Waals surface area contributed by atoms with Crippen molar-refractivity contribution in [1.82, 2.24) is 0 Å². The van der Waals surface area contributed by atoms with Crippen LogP contribution in [-0.4, -0.2) is 0 Å². The molecule has 0 aromatic heterocycles. The minimum atomic E-state index is -0.444. The minimum Gasteiger partial charge on any atom is -0.205 e. The van der Waals surface area contributed by atoms with Crippen molar-refractivity contribution in [3.05, 3.63) is 58.9 Å². The number of halogens is 1. The summed E-state index contributed by atoms with van der Waals surface area (Å²) in [5, 5.41) is 8.81. The van der Waals surface area contributed by atoms with E-state index in [9.17, 15) is 4.39 Å². The molecule has 84 valence electrons. The Bertz CT molecular complexity index is 589. The van der Waals surface area contributed by atoms with Gasteiger partial charge in [0.2, 0.25) is 0 Å². The Hall–Kier alpha value is -2.14. The molecule has 0 atom stereocenters. The van der Waals surface area contributed by atoms with E-state index in [-0.39, 0.29) is 5.56 Å². The van der Waals surface area contributed by atoms with Crippen LogP contribution in [0.1, 0.15) is 16.7 Å². The highest BCUT2D eigenvalue weighted by molar-refractivity contribution is 5.67. The highest BCUT2D eigenvalue weighted by Crippen LogP contribution is 2.26. The Balaban J connectivity index is 2.65. The Morgan fingerprint density at radius 1 is 1.06 bits per heavy atom. The second-order valence-corrected chi connectivity index (χ2v) is 4.16. The van der Waals surface area contributed by atoms with E-state index in [0.29, 0.717) is 5.56 Å². The molecule has 0 saturated heterocycles. The van der Waals surface area contributed by atoms with Gasteiger partial charge in [0.05, 0.1) is 5.56 Å². The summed E-state index contributed by atoms with van der Waals surface area (Å²) in [6.45, 7) is 3.95. The summed E-state index contributed by atoms with van der Waals surface area (Å²) in [6, 6.07) is 12.6. The van der Waals surface area contributed by atoms with E-state index in [0.717, 1.165) is 16.7 Å². The summed E-state index contributed by atoms with van der Waals surface area (Å²) in [6.07, 6.45) is 0. The summed E-state index contributed by atoms with van der Waals surface area (Å²) < 4.78 is 14.0. The lowest BCUT2D eigenvalue weighted by Gasteiger charge is -2.07. The molecule has 2 rings (SSSR count). The molecule has 0 radical (unpaired) electrons. The quantitative estimate of drug-likeness (QED) is 0.720. The lowest BCUT2D eigenvalue weighted by molar-refractivity contribution is 0.627. The van der Waals surface area contributed by atoms with Crippen LogP contribution in [0.5, 0.6) is 0 Å². The van der Waals surface area contributed by atoms with Gasteiger partial charge in [-0.25, -0.2) is 4.39 Å². The average molecular weight is 225 g/mol. The van der Waals surface area contributed by atoms with Crippen LogP contribution < -0.4 is 0 Å². The Morgan fingerprint density at radius 3 is 2.29 bits per heavy atom. The van der Waals surface area contributed by atoms with Crippen LogP contribution in [0.4, 0.5) is 4.39 Å². The van der Waals surface area contributed by atoms with Crippen molar-refractivity contribution in [2.75, 3.05) is 0 Å². The highest BCUT2D eigenvalue weighted by Gasteiger charge is 2.09. The third-order valence-corrected chi connectivity index (χ3v) is 2.65. The van der Waals surface area contributed by atoms with E-state index in [1.165, 1.54) is 6.07 Å². The molecule has 0 unspecified atom stereocenters. The fourth-order valence-corrected chi connectivity index (χ4v) is 1.97. The van der Waals surface area contributed by atoms with Crippen molar-refractivity contribution in [1.29, 1.82) is 5.26 Å². The van der Waals surface area contributed by atoms with Gasteiger partial charge in [-0.15, -0.1) is 0 Å². The van der Waals surface area contributed by atoms with E-state index in [1.54, 1.807) is 12.1 Å². The molecule has 2 aromatic rings. The first-order valence-corrected chi connectivity index (χ1v) is 5.39. The molecule has 17 heavy (non-hydrogen) atoms. The zero-order valence-electron chi connectivity index (χ0n) is 9.79. The Kier molecular flexibility index (Phi) is 2.93. The van der Waals surface area contributed by atoms with Crippen LogP contribution in [0.3, 0.4) is 0 Å². The Labute approximate surface area is 100 Å². The molecule has 0 aliphatic heterocycles. The highest BCUT2D eigenvalue weighted by atomic mass is 19.1. The number of hydrogen-bond donors (Lipinski definition) is 0. The Morgan fingerprint density at radius 2 is 1.71 bits per heavy atom. The smallest absolute Gasteiger partial charge is 0.148 e. The van der Waals surface area contributed by atoms with E-state index >= 15 is 0 Å². The number of rotatable bonds is 1.